The zero-order chi connectivity index (χ0) is 31.2. The van der Waals surface area contributed by atoms with E-state index in [9.17, 15) is 19.2 Å². The number of allylic oxidation sites excluding steroid dienone is 4. The van der Waals surface area contributed by atoms with E-state index in [1.54, 1.807) is 47.4 Å². The van der Waals surface area contributed by atoms with Crippen LogP contribution in [0, 0.1) is 0 Å². The van der Waals surface area contributed by atoms with Gasteiger partial charge in [-0.2, -0.15) is 0 Å². The molecule has 0 amide bonds. The van der Waals surface area contributed by atoms with E-state index in [0.717, 1.165) is 19.6 Å². The van der Waals surface area contributed by atoms with E-state index in [1.807, 2.05) is 23.1 Å². The molecule has 10 heteroatoms. The Balaban J connectivity index is 1.10. The molecule has 4 aliphatic rings. The number of fused-ring (bicyclic) bond motifs is 2. The summed E-state index contributed by atoms with van der Waals surface area (Å²) < 4.78 is 6.08. The summed E-state index contributed by atoms with van der Waals surface area (Å²) in [6.45, 7) is 4.28. The van der Waals surface area contributed by atoms with E-state index >= 15 is 0 Å². The van der Waals surface area contributed by atoms with E-state index in [1.165, 1.54) is 5.56 Å². The van der Waals surface area contributed by atoms with Gasteiger partial charge in [-0.05, 0) is 23.3 Å². The monoisotopic (exact) mass is 641 g/mol. The number of nitrogens with zero attached hydrogens (tertiary/aromatic N) is 3. The first kappa shape index (κ1) is 29.6. The van der Waals surface area contributed by atoms with Crippen LogP contribution in [0.3, 0.4) is 0 Å². The Morgan fingerprint density at radius 3 is 1.89 bits per heavy atom. The Labute approximate surface area is 270 Å². The molecule has 2 fully saturated rings. The highest BCUT2D eigenvalue weighted by atomic mass is 35.5. The van der Waals surface area contributed by atoms with Crippen LogP contribution in [-0.2, 0) is 11.3 Å². The smallest absolute Gasteiger partial charge is 0.211 e. The number of Topliss-reactive ketones (excluding diaryl/α,β-unsaturated/α-hetero) is 4. The predicted molar refractivity (Wildman–Crippen MR) is 170 cm³/mol. The van der Waals surface area contributed by atoms with Crippen molar-refractivity contribution in [1.29, 1.82) is 0 Å². The highest BCUT2D eigenvalue weighted by Crippen LogP contribution is 2.36. The van der Waals surface area contributed by atoms with E-state index in [2.05, 4.69) is 17.0 Å². The Bertz CT molecular complexity index is 1810. The van der Waals surface area contributed by atoms with Gasteiger partial charge in [-0.3, -0.25) is 24.1 Å². The molecule has 1 unspecified atom stereocenters. The number of hydrogen-bond acceptors (Lipinski definition) is 8. The number of ketones is 4. The summed E-state index contributed by atoms with van der Waals surface area (Å²) in [5.41, 5.74) is 3.43. The molecule has 0 N–H and O–H groups in total. The minimum Gasteiger partial charge on any atom is -0.370 e. The molecule has 228 valence electrons. The van der Waals surface area contributed by atoms with Crippen LogP contribution in [0.15, 0.2) is 94.3 Å². The van der Waals surface area contributed by atoms with Crippen molar-refractivity contribution in [3.63, 3.8) is 0 Å². The van der Waals surface area contributed by atoms with Gasteiger partial charge in [-0.15, -0.1) is 0 Å². The lowest BCUT2D eigenvalue weighted by molar-refractivity contribution is -0.0180. The minimum atomic E-state index is -0.532. The van der Waals surface area contributed by atoms with E-state index in [0.29, 0.717) is 36.3 Å². The topological polar surface area (TPSA) is 87.2 Å². The fourth-order valence-electron chi connectivity index (χ4n) is 6.52. The molecule has 0 bridgehead atoms. The lowest BCUT2D eigenvalue weighted by Crippen LogP contribution is -2.47. The molecule has 0 saturated carbocycles. The molecule has 0 radical (unpaired) electrons. The van der Waals surface area contributed by atoms with Crippen LogP contribution in [0.25, 0.3) is 0 Å². The second-order valence-corrected chi connectivity index (χ2v) is 12.3. The SMILES string of the molecule is O=C1C(Cl)=C(N2CCN(Cc3ccccc3)CC2)C(=O)c2cc(C3CN(C4=C(Cl)C(=O)c5ccccc5C4=O)CCO3)ccc21. The third-order valence-electron chi connectivity index (χ3n) is 8.89. The van der Waals surface area contributed by atoms with Gasteiger partial charge in [0.25, 0.3) is 0 Å². The molecular formula is C35H29Cl2N3O5. The highest BCUT2D eigenvalue weighted by molar-refractivity contribution is 6.50. The van der Waals surface area contributed by atoms with Gasteiger partial charge in [0.1, 0.15) is 27.6 Å². The maximum absolute atomic E-state index is 13.9. The first-order valence-corrected chi connectivity index (χ1v) is 15.7. The van der Waals surface area contributed by atoms with Gasteiger partial charge in [0.15, 0.2) is 0 Å². The number of ether oxygens (including phenoxy) is 1. The number of halogens is 2. The summed E-state index contributed by atoms with van der Waals surface area (Å²) in [5, 5.41) is -0.168. The van der Waals surface area contributed by atoms with Gasteiger partial charge in [0.05, 0.1) is 6.61 Å². The van der Waals surface area contributed by atoms with Crippen molar-refractivity contribution in [2.45, 2.75) is 12.6 Å². The summed E-state index contributed by atoms with van der Waals surface area (Å²) >= 11 is 13.1. The maximum Gasteiger partial charge on any atom is 0.211 e. The van der Waals surface area contributed by atoms with Crippen molar-refractivity contribution in [3.8, 4) is 0 Å². The summed E-state index contributed by atoms with van der Waals surface area (Å²) in [7, 11) is 0. The minimum absolute atomic E-state index is 0.0563. The van der Waals surface area contributed by atoms with Crippen molar-refractivity contribution in [2.75, 3.05) is 45.9 Å². The molecule has 2 heterocycles. The third-order valence-corrected chi connectivity index (χ3v) is 9.59. The summed E-state index contributed by atoms with van der Waals surface area (Å²) in [6, 6.07) is 21.9. The van der Waals surface area contributed by atoms with Crippen LogP contribution < -0.4 is 0 Å². The van der Waals surface area contributed by atoms with Crippen LogP contribution >= 0.6 is 23.2 Å². The van der Waals surface area contributed by atoms with Gasteiger partial charge in [0, 0.05) is 68.1 Å². The third kappa shape index (κ3) is 5.32. The van der Waals surface area contributed by atoms with E-state index in [-0.39, 0.29) is 68.9 Å². The number of carbonyl (C=O) groups excluding carboxylic acids is 4. The van der Waals surface area contributed by atoms with Crippen LogP contribution in [0.1, 0.15) is 58.7 Å². The zero-order valence-electron chi connectivity index (χ0n) is 24.3. The van der Waals surface area contributed by atoms with Crippen molar-refractivity contribution in [3.05, 3.63) is 128 Å². The molecule has 7 rings (SSSR count). The number of piperazine rings is 1. The molecule has 1 atom stereocenters. The largest absolute Gasteiger partial charge is 0.370 e. The number of rotatable bonds is 5. The first-order chi connectivity index (χ1) is 21.8. The molecule has 3 aromatic carbocycles. The fourth-order valence-corrected chi connectivity index (χ4v) is 7.14. The molecule has 2 aliphatic heterocycles. The summed E-state index contributed by atoms with van der Waals surface area (Å²) in [6.07, 6.45) is -0.532. The molecule has 2 aliphatic carbocycles. The number of carbonyl (C=O) groups is 4. The molecule has 2 saturated heterocycles. The second-order valence-electron chi connectivity index (χ2n) is 11.5. The van der Waals surface area contributed by atoms with Crippen LogP contribution in [0.4, 0.5) is 0 Å². The molecule has 3 aromatic rings. The van der Waals surface area contributed by atoms with Gasteiger partial charge < -0.3 is 14.5 Å². The Hall–Kier alpha value is -4.08. The number of hydrogen-bond donors (Lipinski definition) is 0. The van der Waals surface area contributed by atoms with Crippen molar-refractivity contribution >= 4 is 46.3 Å². The Kier molecular flexibility index (Phi) is 7.91. The van der Waals surface area contributed by atoms with Gasteiger partial charge >= 0.3 is 0 Å². The zero-order valence-corrected chi connectivity index (χ0v) is 25.8. The van der Waals surface area contributed by atoms with E-state index < -0.39 is 6.10 Å². The molecule has 0 spiro atoms. The Morgan fingerprint density at radius 1 is 0.622 bits per heavy atom. The number of benzene rings is 3. The number of morpholine rings is 1. The quantitative estimate of drug-likeness (QED) is 0.374. The second kappa shape index (κ2) is 12.0. The standard InChI is InChI=1S/C35H29Cl2N3O5/c36-28-30(39-14-12-38(13-15-39)19-21-6-2-1-3-7-21)35(44)26-18-22(10-11-25(26)33(28)42)27-20-40(16-17-45-27)31-29(37)32(41)23-8-4-5-9-24(23)34(31)43/h1-11,18,27H,12-17,19-20H2. The Morgan fingerprint density at radius 2 is 1.20 bits per heavy atom. The van der Waals surface area contributed by atoms with Crippen LogP contribution in [0.2, 0.25) is 0 Å². The van der Waals surface area contributed by atoms with E-state index in [4.69, 9.17) is 27.9 Å². The summed E-state index contributed by atoms with van der Waals surface area (Å²) in [5.74, 6) is -1.38. The average molecular weight is 643 g/mol. The molecule has 8 nitrogen and oxygen atoms in total. The van der Waals surface area contributed by atoms with Gasteiger partial charge in [-0.1, -0.05) is 83.9 Å². The fraction of sp³-hybridized carbons (Fsp3) is 0.257. The van der Waals surface area contributed by atoms with Crippen LogP contribution in [0.5, 0.6) is 0 Å². The van der Waals surface area contributed by atoms with Crippen LogP contribution in [-0.4, -0.2) is 83.7 Å². The van der Waals surface area contributed by atoms with Gasteiger partial charge in [-0.25, -0.2) is 0 Å². The lowest BCUT2D eigenvalue weighted by Gasteiger charge is -2.38. The maximum atomic E-state index is 13.9. The molecule has 45 heavy (non-hydrogen) atoms. The molecule has 0 aromatic heterocycles. The predicted octanol–water partition coefficient (Wildman–Crippen LogP) is 5.24. The lowest BCUT2D eigenvalue weighted by atomic mass is 9.88. The molecular weight excluding hydrogens is 613 g/mol. The van der Waals surface area contributed by atoms with Crippen molar-refractivity contribution in [2.24, 2.45) is 0 Å². The average Bonchev–Trinajstić information content (AvgIpc) is 3.07. The highest BCUT2D eigenvalue weighted by Gasteiger charge is 2.39. The first-order valence-electron chi connectivity index (χ1n) is 14.9. The van der Waals surface area contributed by atoms with Gasteiger partial charge in [0.2, 0.25) is 23.1 Å². The summed E-state index contributed by atoms with van der Waals surface area (Å²) in [4.78, 5) is 59.7. The van der Waals surface area contributed by atoms with Crippen molar-refractivity contribution < 1.29 is 23.9 Å². The van der Waals surface area contributed by atoms with Crippen molar-refractivity contribution in [1.82, 2.24) is 14.7 Å². The normalized spacial score (nSPS) is 21.0.